The first-order valence-electron chi connectivity index (χ1n) is 25.7. The molecule has 5 nitrogen and oxygen atoms in total. The third-order valence-corrected chi connectivity index (χ3v) is 14.9. The third kappa shape index (κ3) is 10.1. The van der Waals surface area contributed by atoms with E-state index in [0.717, 1.165) is 55.8 Å². The van der Waals surface area contributed by atoms with Crippen molar-refractivity contribution >= 4 is 21.8 Å². The van der Waals surface area contributed by atoms with Crippen LogP contribution >= 0.6 is 0 Å². The van der Waals surface area contributed by atoms with Crippen LogP contribution in [0.25, 0.3) is 50.1 Å². The van der Waals surface area contributed by atoms with Crippen LogP contribution in [0.15, 0.2) is 176 Å². The van der Waals surface area contributed by atoms with Crippen LogP contribution in [0, 0.1) is 18.5 Å². The van der Waals surface area contributed by atoms with Gasteiger partial charge >= 0.3 is 0 Å². The molecule has 0 atom stereocenters. The van der Waals surface area contributed by atoms with Gasteiger partial charge in [0.15, 0.2) is 0 Å². The van der Waals surface area contributed by atoms with Gasteiger partial charge in [-0.15, -0.1) is 29.7 Å². The molecule has 7 aromatic carbocycles. The molecule has 0 aliphatic carbocycles. The van der Waals surface area contributed by atoms with E-state index in [2.05, 4.69) is 286 Å². The predicted octanol–water partition coefficient (Wildman–Crippen LogP) is 16.6. The standard InChI is InChI=1S/C68H68N4O.Pt/c1-64(2,3)50-33-34-69-63(41-50)72-60-32-29-47(46-23-17-14-18-24-46)35-59(60)58-31-30-56(43-61(58)72)73-57-40-52(66(7,8)9)37-54(42-57)70-44-62(68(12,13)49-27-21-16-22-28-49)71(45-70)55-38-51(65(4,5)6)36-53(39-55)67(10,11)48-25-19-15-20-26-48;/h14-41,44H,1-13H3;/q-2;. The van der Waals surface area contributed by atoms with Crippen molar-refractivity contribution in [1.29, 1.82) is 0 Å². The Morgan fingerprint density at radius 1 is 0.473 bits per heavy atom. The van der Waals surface area contributed by atoms with E-state index in [4.69, 9.17) is 9.72 Å². The first kappa shape index (κ1) is 52.1. The minimum Gasteiger partial charge on any atom is -0.510 e. The topological polar surface area (TPSA) is 35.9 Å². The number of pyridine rings is 1. The molecule has 0 radical (unpaired) electrons. The van der Waals surface area contributed by atoms with E-state index in [1.807, 2.05) is 12.3 Å². The van der Waals surface area contributed by atoms with Crippen LogP contribution in [0.2, 0.25) is 0 Å². The van der Waals surface area contributed by atoms with Crippen molar-refractivity contribution in [3.63, 3.8) is 0 Å². The van der Waals surface area contributed by atoms with Gasteiger partial charge in [0.25, 0.3) is 6.33 Å². The normalized spacial score (nSPS) is 12.6. The van der Waals surface area contributed by atoms with Gasteiger partial charge in [0.05, 0.1) is 11.4 Å². The van der Waals surface area contributed by atoms with Gasteiger partial charge in [-0.05, 0) is 96.6 Å². The summed E-state index contributed by atoms with van der Waals surface area (Å²) in [5.74, 6) is 2.02. The maximum atomic E-state index is 6.97. The molecule has 0 aliphatic rings. The quantitative estimate of drug-likeness (QED) is 0.101. The van der Waals surface area contributed by atoms with E-state index < -0.39 is 5.41 Å². The zero-order chi connectivity index (χ0) is 51.7. The fourth-order valence-corrected chi connectivity index (χ4v) is 9.99. The molecule has 6 heteroatoms. The summed E-state index contributed by atoms with van der Waals surface area (Å²) in [5, 5.41) is 2.20. The molecule has 3 heterocycles. The molecule has 0 fully saturated rings. The van der Waals surface area contributed by atoms with E-state index in [0.29, 0.717) is 11.5 Å². The summed E-state index contributed by atoms with van der Waals surface area (Å²) in [4.78, 5) is 4.98. The zero-order valence-corrected chi connectivity index (χ0v) is 47.5. The number of hydrogen-bond acceptors (Lipinski definition) is 2. The Morgan fingerprint density at radius 2 is 1.07 bits per heavy atom. The van der Waals surface area contributed by atoms with Crippen molar-refractivity contribution in [2.45, 2.75) is 117 Å². The van der Waals surface area contributed by atoms with E-state index >= 15 is 0 Å². The molecule has 10 aromatic rings. The molecular weight excluding hydrogens is 1080 g/mol. The maximum absolute atomic E-state index is 6.97. The predicted molar refractivity (Wildman–Crippen MR) is 301 cm³/mol. The van der Waals surface area contributed by atoms with Gasteiger partial charge in [0, 0.05) is 61.3 Å². The Labute approximate surface area is 454 Å². The van der Waals surface area contributed by atoms with Crippen molar-refractivity contribution in [3.05, 3.63) is 234 Å². The Kier molecular flexibility index (Phi) is 13.7. The molecular formula is C68H68N4OPt-2. The Bertz CT molecular complexity index is 3640. The van der Waals surface area contributed by atoms with Crippen LogP contribution in [0.4, 0.5) is 0 Å². The summed E-state index contributed by atoms with van der Waals surface area (Å²) in [6, 6.07) is 66.3. The molecule has 0 N–H and O–H groups in total. The first-order valence-corrected chi connectivity index (χ1v) is 25.7. The van der Waals surface area contributed by atoms with Gasteiger partial charge < -0.3 is 13.9 Å². The summed E-state index contributed by atoms with van der Waals surface area (Å²) < 4.78 is 13.6. The second kappa shape index (κ2) is 19.5. The van der Waals surface area contributed by atoms with Gasteiger partial charge in [-0.2, -0.15) is 17.7 Å². The minimum atomic E-state index is -0.414. The SMILES string of the molecule is CC(C)(C)c1cc(Oc2[c-]c3c(cc2)c2cc(-c4ccccc4)ccc2n3-c2cc(C(C)(C)C)ccn2)[c-]c(-n2[c-][n+](-c3cc(C(C)(C)C)cc(C(C)(C)c4ccccc4)c3)c(C(C)(C)c3ccccc3)c2)c1.[Pt]. The summed E-state index contributed by atoms with van der Waals surface area (Å²) in [5.41, 5.74) is 13.5. The second-order valence-corrected chi connectivity index (χ2v) is 24.0. The molecule has 0 bridgehead atoms. The Balaban J connectivity index is 0.00000672. The molecule has 3 aromatic heterocycles. The molecule has 0 saturated heterocycles. The molecule has 0 aliphatic heterocycles. The molecule has 0 unspecified atom stereocenters. The molecule has 10 rings (SSSR count). The van der Waals surface area contributed by atoms with Crippen LogP contribution in [-0.4, -0.2) is 14.1 Å². The number of ether oxygens (including phenoxy) is 1. The average molecular weight is 1150 g/mol. The van der Waals surface area contributed by atoms with Gasteiger partial charge in [0.2, 0.25) is 0 Å². The number of hydrogen-bond donors (Lipinski definition) is 0. The van der Waals surface area contributed by atoms with Gasteiger partial charge in [-0.25, -0.2) is 4.98 Å². The summed E-state index contributed by atoms with van der Waals surface area (Å²) in [7, 11) is 0. The average Bonchev–Trinajstić information content (AvgIpc) is 3.97. The number of aromatic nitrogens is 4. The summed E-state index contributed by atoms with van der Waals surface area (Å²) in [6.45, 7) is 29.6. The second-order valence-electron chi connectivity index (χ2n) is 24.0. The Hall–Kier alpha value is -6.81. The van der Waals surface area contributed by atoms with Gasteiger partial charge in [-0.1, -0.05) is 205 Å². The van der Waals surface area contributed by atoms with Gasteiger partial charge in [-0.3, -0.25) is 4.57 Å². The number of nitrogens with zero attached hydrogens (tertiary/aromatic N) is 4. The molecule has 0 amide bonds. The van der Waals surface area contributed by atoms with Crippen molar-refractivity contribution in [1.82, 2.24) is 14.1 Å². The zero-order valence-electron chi connectivity index (χ0n) is 45.3. The van der Waals surface area contributed by atoms with Crippen LogP contribution < -0.4 is 9.30 Å². The van der Waals surface area contributed by atoms with Crippen molar-refractivity contribution in [3.8, 4) is 39.8 Å². The number of fused-ring (bicyclic) bond motifs is 3. The first-order chi connectivity index (χ1) is 34.6. The van der Waals surface area contributed by atoms with Crippen LogP contribution in [0.3, 0.4) is 0 Å². The smallest absolute Gasteiger partial charge is 0.267 e. The number of imidazole rings is 1. The molecule has 0 saturated carbocycles. The third-order valence-electron chi connectivity index (χ3n) is 14.9. The molecule has 0 spiro atoms. The van der Waals surface area contributed by atoms with E-state index in [9.17, 15) is 0 Å². The summed E-state index contributed by atoms with van der Waals surface area (Å²) >= 11 is 0. The van der Waals surface area contributed by atoms with E-state index in [-0.39, 0.29) is 42.7 Å². The monoisotopic (exact) mass is 1150 g/mol. The van der Waals surface area contributed by atoms with Gasteiger partial charge in [0.1, 0.15) is 5.82 Å². The van der Waals surface area contributed by atoms with E-state index in [1.165, 1.54) is 33.4 Å². The maximum Gasteiger partial charge on any atom is 0.267 e. The van der Waals surface area contributed by atoms with Crippen LogP contribution in [-0.2, 0) is 48.1 Å². The number of benzene rings is 7. The number of rotatable bonds is 10. The fraction of sp³-hybridized carbons (Fsp3) is 0.265. The van der Waals surface area contributed by atoms with Crippen molar-refractivity contribution in [2.75, 3.05) is 0 Å². The Morgan fingerprint density at radius 3 is 1.70 bits per heavy atom. The molecule has 378 valence electrons. The fourth-order valence-electron chi connectivity index (χ4n) is 9.99. The van der Waals surface area contributed by atoms with Crippen molar-refractivity contribution < 1.29 is 30.4 Å². The molecule has 74 heavy (non-hydrogen) atoms. The summed E-state index contributed by atoms with van der Waals surface area (Å²) in [6.07, 6.45) is 8.04. The van der Waals surface area contributed by atoms with Crippen molar-refractivity contribution in [2.24, 2.45) is 0 Å². The minimum absolute atomic E-state index is 0. The van der Waals surface area contributed by atoms with Crippen LogP contribution in [0.1, 0.15) is 129 Å². The largest absolute Gasteiger partial charge is 0.510 e. The van der Waals surface area contributed by atoms with E-state index in [1.54, 1.807) is 0 Å². The van der Waals surface area contributed by atoms with Crippen LogP contribution in [0.5, 0.6) is 11.5 Å².